The second kappa shape index (κ2) is 7.76. The van der Waals surface area contributed by atoms with Gasteiger partial charge in [0.2, 0.25) is 0 Å². The third-order valence-electron chi connectivity index (χ3n) is 4.34. The number of H-pyrrole nitrogens is 1. The number of hydrogen-bond donors (Lipinski definition) is 2. The van der Waals surface area contributed by atoms with Crippen LogP contribution in [0.2, 0.25) is 0 Å². The third kappa shape index (κ3) is 4.24. The Hall–Kier alpha value is -2.25. The van der Waals surface area contributed by atoms with E-state index >= 15 is 0 Å². The van der Waals surface area contributed by atoms with E-state index < -0.39 is 0 Å². The maximum absolute atomic E-state index is 12.4. The van der Waals surface area contributed by atoms with Gasteiger partial charge in [-0.1, -0.05) is 18.2 Å². The van der Waals surface area contributed by atoms with Gasteiger partial charge in [-0.3, -0.25) is 14.5 Å². The van der Waals surface area contributed by atoms with Crippen LogP contribution in [0.15, 0.2) is 29.1 Å². The zero-order valence-corrected chi connectivity index (χ0v) is 14.6. The van der Waals surface area contributed by atoms with Crippen LogP contribution in [0.25, 0.3) is 10.8 Å². The van der Waals surface area contributed by atoms with Gasteiger partial charge in [-0.25, -0.2) is 5.10 Å². The quantitative estimate of drug-likeness (QED) is 0.795. The lowest BCUT2D eigenvalue weighted by Gasteiger charge is -2.35. The number of carbonyl (C=O) groups excluding carboxylic acids is 1. The smallest absolute Gasteiger partial charge is 0.272 e. The number of morpholine rings is 1. The van der Waals surface area contributed by atoms with Crippen molar-refractivity contribution in [3.8, 4) is 0 Å². The zero-order chi connectivity index (χ0) is 17.8. The normalized spacial score (nSPS) is 21.4. The van der Waals surface area contributed by atoms with E-state index in [4.69, 9.17) is 4.74 Å². The summed E-state index contributed by atoms with van der Waals surface area (Å²) in [6.07, 6.45) is 1.34. The fourth-order valence-corrected chi connectivity index (χ4v) is 3.34. The lowest BCUT2D eigenvalue weighted by atomic mass is 10.1. The molecule has 1 amide bonds. The number of aromatic nitrogens is 2. The lowest BCUT2D eigenvalue weighted by molar-refractivity contribution is -0.0679. The topological polar surface area (TPSA) is 87.3 Å². The van der Waals surface area contributed by atoms with E-state index in [0.29, 0.717) is 17.3 Å². The number of nitrogens with one attached hydrogen (secondary N) is 2. The minimum atomic E-state index is -0.289. The van der Waals surface area contributed by atoms with Crippen LogP contribution in [0.1, 0.15) is 30.8 Å². The maximum Gasteiger partial charge on any atom is 0.272 e. The molecule has 1 aromatic heterocycles. The largest absolute Gasteiger partial charge is 0.373 e. The summed E-state index contributed by atoms with van der Waals surface area (Å²) in [5.41, 5.74) is -0.0356. The molecule has 2 atom stereocenters. The molecule has 1 saturated heterocycles. The van der Waals surface area contributed by atoms with Crippen LogP contribution in [0, 0.1) is 0 Å². The first-order chi connectivity index (χ1) is 12.0. The van der Waals surface area contributed by atoms with Crippen LogP contribution >= 0.6 is 0 Å². The summed E-state index contributed by atoms with van der Waals surface area (Å²) in [4.78, 5) is 26.5. The Morgan fingerprint density at radius 2 is 1.96 bits per heavy atom. The van der Waals surface area contributed by atoms with Crippen molar-refractivity contribution in [3.63, 3.8) is 0 Å². The molecule has 3 rings (SSSR count). The predicted octanol–water partition coefficient (Wildman–Crippen LogP) is 1.15. The Labute approximate surface area is 146 Å². The zero-order valence-electron chi connectivity index (χ0n) is 14.6. The standard InChI is InChI=1S/C18H24N4O3/c1-12-10-22(11-13(2)25-12)9-5-8-19-18(24)16-14-6-3-4-7-15(14)17(23)21-20-16/h3-4,6-7,12-13H,5,8-11H2,1-2H3,(H,19,24)(H,21,23)/t12-,13-/m1/s1. The van der Waals surface area contributed by atoms with E-state index in [1.807, 2.05) is 0 Å². The van der Waals surface area contributed by atoms with E-state index in [9.17, 15) is 9.59 Å². The first-order valence-electron chi connectivity index (χ1n) is 8.68. The van der Waals surface area contributed by atoms with Crippen LogP contribution in [0.5, 0.6) is 0 Å². The summed E-state index contributed by atoms with van der Waals surface area (Å²) in [6.45, 7) is 7.48. The number of carbonyl (C=O) groups is 1. The van der Waals surface area contributed by atoms with Crippen molar-refractivity contribution in [1.82, 2.24) is 20.4 Å². The molecule has 7 heteroatoms. The molecule has 1 aliphatic rings. The Bertz CT molecular complexity index is 794. The molecule has 0 spiro atoms. The van der Waals surface area contributed by atoms with Crippen LogP contribution in [0.4, 0.5) is 0 Å². The number of amides is 1. The molecule has 1 aromatic carbocycles. The molecular formula is C18H24N4O3. The first-order valence-corrected chi connectivity index (χ1v) is 8.68. The second-order valence-electron chi connectivity index (χ2n) is 6.57. The average Bonchev–Trinajstić information content (AvgIpc) is 2.58. The summed E-state index contributed by atoms with van der Waals surface area (Å²) < 4.78 is 5.72. The molecule has 2 aromatic rings. The van der Waals surface area contributed by atoms with E-state index in [1.165, 1.54) is 0 Å². The fourth-order valence-electron chi connectivity index (χ4n) is 3.34. The highest BCUT2D eigenvalue weighted by Gasteiger charge is 2.21. The highest BCUT2D eigenvalue weighted by Crippen LogP contribution is 2.12. The second-order valence-corrected chi connectivity index (χ2v) is 6.57. The van der Waals surface area contributed by atoms with E-state index in [0.717, 1.165) is 26.1 Å². The van der Waals surface area contributed by atoms with Crippen LogP contribution < -0.4 is 10.9 Å². The van der Waals surface area contributed by atoms with Crippen LogP contribution in [-0.4, -0.2) is 59.4 Å². The lowest BCUT2D eigenvalue weighted by Crippen LogP contribution is -2.46. The highest BCUT2D eigenvalue weighted by molar-refractivity contribution is 6.04. The van der Waals surface area contributed by atoms with Gasteiger partial charge in [0.1, 0.15) is 0 Å². The molecule has 0 unspecified atom stereocenters. The number of aromatic amines is 1. The maximum atomic E-state index is 12.4. The van der Waals surface area contributed by atoms with Gasteiger partial charge in [0.15, 0.2) is 5.69 Å². The molecule has 1 fully saturated rings. The third-order valence-corrected chi connectivity index (χ3v) is 4.34. The molecule has 25 heavy (non-hydrogen) atoms. The van der Waals surface area contributed by atoms with Crippen molar-refractivity contribution in [2.75, 3.05) is 26.2 Å². The minimum absolute atomic E-state index is 0.245. The van der Waals surface area contributed by atoms with Crippen molar-refractivity contribution in [2.45, 2.75) is 32.5 Å². The van der Waals surface area contributed by atoms with Gasteiger partial charge in [-0.2, -0.15) is 5.10 Å². The molecule has 0 saturated carbocycles. The van der Waals surface area contributed by atoms with Crippen molar-refractivity contribution in [1.29, 1.82) is 0 Å². The van der Waals surface area contributed by atoms with E-state index in [-0.39, 0.29) is 29.4 Å². The summed E-state index contributed by atoms with van der Waals surface area (Å²) in [7, 11) is 0. The van der Waals surface area contributed by atoms with Crippen LogP contribution in [-0.2, 0) is 4.74 Å². The van der Waals surface area contributed by atoms with Crippen molar-refractivity contribution in [2.24, 2.45) is 0 Å². The molecule has 1 aliphatic heterocycles. The predicted molar refractivity (Wildman–Crippen MR) is 95.8 cm³/mol. The molecule has 0 radical (unpaired) electrons. The van der Waals surface area contributed by atoms with Gasteiger partial charge >= 0.3 is 0 Å². The Balaban J connectivity index is 1.55. The van der Waals surface area contributed by atoms with E-state index in [1.54, 1.807) is 24.3 Å². The van der Waals surface area contributed by atoms with Gasteiger partial charge in [0, 0.05) is 31.6 Å². The minimum Gasteiger partial charge on any atom is -0.373 e. The summed E-state index contributed by atoms with van der Waals surface area (Å²) in [5, 5.41) is 10.2. The van der Waals surface area contributed by atoms with Gasteiger partial charge < -0.3 is 10.1 Å². The molecule has 134 valence electrons. The van der Waals surface area contributed by atoms with Gasteiger partial charge in [0.25, 0.3) is 11.5 Å². The Kier molecular flexibility index (Phi) is 5.45. The highest BCUT2D eigenvalue weighted by atomic mass is 16.5. The number of ether oxygens (including phenoxy) is 1. The molecule has 2 N–H and O–H groups in total. The number of benzene rings is 1. The van der Waals surface area contributed by atoms with Gasteiger partial charge in [-0.05, 0) is 26.3 Å². The number of fused-ring (bicyclic) bond motifs is 1. The fraction of sp³-hybridized carbons (Fsp3) is 0.500. The average molecular weight is 344 g/mol. The SMILES string of the molecule is C[C@@H]1CN(CCCNC(=O)c2n[nH]c(=O)c3ccccc23)C[C@@H](C)O1. The summed E-state index contributed by atoms with van der Waals surface area (Å²) in [6, 6.07) is 6.99. The summed E-state index contributed by atoms with van der Waals surface area (Å²) >= 11 is 0. The van der Waals surface area contributed by atoms with E-state index in [2.05, 4.69) is 34.3 Å². The van der Waals surface area contributed by atoms with Gasteiger partial charge in [0.05, 0.1) is 17.6 Å². The van der Waals surface area contributed by atoms with Gasteiger partial charge in [-0.15, -0.1) is 0 Å². The number of hydrogen-bond acceptors (Lipinski definition) is 5. The number of nitrogens with zero attached hydrogens (tertiary/aromatic N) is 2. The molecule has 2 heterocycles. The Morgan fingerprint density at radius 3 is 2.68 bits per heavy atom. The summed E-state index contributed by atoms with van der Waals surface area (Å²) in [5.74, 6) is -0.267. The van der Waals surface area contributed by atoms with Crippen molar-refractivity contribution >= 4 is 16.7 Å². The molecular weight excluding hydrogens is 320 g/mol. The molecule has 0 bridgehead atoms. The molecule has 7 nitrogen and oxygen atoms in total. The van der Waals surface area contributed by atoms with Crippen molar-refractivity contribution < 1.29 is 9.53 Å². The number of rotatable bonds is 5. The van der Waals surface area contributed by atoms with Crippen molar-refractivity contribution in [3.05, 3.63) is 40.3 Å². The van der Waals surface area contributed by atoms with Crippen LogP contribution in [0.3, 0.4) is 0 Å². The molecule has 0 aliphatic carbocycles. The monoisotopic (exact) mass is 344 g/mol. The first kappa shape index (κ1) is 17.6. The Morgan fingerprint density at radius 1 is 1.28 bits per heavy atom.